The van der Waals surface area contributed by atoms with E-state index in [-0.39, 0.29) is 23.2 Å². The molecule has 3 N–H and O–H groups in total. The molecule has 0 spiro atoms. The van der Waals surface area contributed by atoms with Crippen molar-refractivity contribution < 1.29 is 9.53 Å². The van der Waals surface area contributed by atoms with Crippen molar-refractivity contribution in [1.29, 1.82) is 0 Å². The van der Waals surface area contributed by atoms with Crippen molar-refractivity contribution in [2.45, 2.75) is 89.2 Å². The number of rotatable bonds is 5. The molecule has 0 radical (unpaired) electrons. The van der Waals surface area contributed by atoms with Gasteiger partial charge in [0.05, 0.1) is 0 Å². The molecule has 1 saturated heterocycles. The molecule has 3 rings (SSSR count). The first kappa shape index (κ1) is 19.2. The first-order valence-corrected chi connectivity index (χ1v) is 9.73. The fourth-order valence-electron chi connectivity index (χ4n) is 4.58. The molecule has 5 nitrogen and oxygen atoms in total. The van der Waals surface area contributed by atoms with Gasteiger partial charge < -0.3 is 20.7 Å². The average Bonchev–Trinajstić information content (AvgIpc) is 2.49. The Bertz CT molecular complexity index is 593. The van der Waals surface area contributed by atoms with E-state index in [2.05, 4.69) is 43.6 Å². The molecular formula is C21H33N3O2. The fraction of sp³-hybridized carbons (Fsp3) is 0.667. The largest absolute Gasteiger partial charge is 0.445 e. The van der Waals surface area contributed by atoms with Crippen molar-refractivity contribution >= 4 is 6.09 Å². The lowest BCUT2D eigenvalue weighted by Crippen LogP contribution is -2.64. The third-order valence-electron chi connectivity index (χ3n) is 5.33. The summed E-state index contributed by atoms with van der Waals surface area (Å²) in [5.74, 6) is 0. The molecule has 1 aliphatic heterocycles. The number of ether oxygens (including phenoxy) is 1. The molecule has 0 unspecified atom stereocenters. The van der Waals surface area contributed by atoms with Gasteiger partial charge in [-0.2, -0.15) is 0 Å². The monoisotopic (exact) mass is 359 g/mol. The van der Waals surface area contributed by atoms with Crippen LogP contribution in [0, 0.1) is 0 Å². The number of piperidine rings is 1. The standard InChI is InChI=1S/C21H33N3O2/c1-20(2)12-18(13-21(3,4)24-20)22-16-10-17(11-16)23-19(25)26-14-15-8-6-5-7-9-15/h5-9,16-18,22,24H,10-14H2,1-4H3,(H,23,25). The highest BCUT2D eigenvalue weighted by Crippen LogP contribution is 2.30. The molecule has 1 amide bonds. The number of alkyl carbamates (subject to hydrolysis) is 1. The van der Waals surface area contributed by atoms with Gasteiger partial charge >= 0.3 is 6.09 Å². The van der Waals surface area contributed by atoms with Crippen LogP contribution in [0.5, 0.6) is 0 Å². The lowest BCUT2D eigenvalue weighted by molar-refractivity contribution is 0.110. The summed E-state index contributed by atoms with van der Waals surface area (Å²) < 4.78 is 5.30. The zero-order valence-corrected chi connectivity index (χ0v) is 16.5. The zero-order valence-electron chi connectivity index (χ0n) is 16.5. The van der Waals surface area contributed by atoms with Crippen molar-refractivity contribution in [3.63, 3.8) is 0 Å². The van der Waals surface area contributed by atoms with Crippen LogP contribution in [0.15, 0.2) is 30.3 Å². The molecular weight excluding hydrogens is 326 g/mol. The van der Waals surface area contributed by atoms with Crippen LogP contribution in [0.4, 0.5) is 4.79 Å². The lowest BCUT2D eigenvalue weighted by Gasteiger charge is -2.49. The Morgan fingerprint density at radius 3 is 2.27 bits per heavy atom. The summed E-state index contributed by atoms with van der Waals surface area (Å²) in [5.41, 5.74) is 1.32. The predicted molar refractivity (Wildman–Crippen MR) is 104 cm³/mol. The van der Waals surface area contributed by atoms with Gasteiger partial charge in [-0.05, 0) is 58.9 Å². The van der Waals surface area contributed by atoms with Gasteiger partial charge in [-0.15, -0.1) is 0 Å². The zero-order chi connectivity index (χ0) is 18.8. The van der Waals surface area contributed by atoms with E-state index >= 15 is 0 Å². The highest BCUT2D eigenvalue weighted by Gasteiger charge is 2.40. The van der Waals surface area contributed by atoms with E-state index in [0.29, 0.717) is 18.7 Å². The Morgan fingerprint density at radius 2 is 1.65 bits per heavy atom. The second-order valence-corrected chi connectivity index (χ2v) is 9.24. The molecule has 2 aliphatic rings. The van der Waals surface area contributed by atoms with E-state index in [4.69, 9.17) is 4.74 Å². The molecule has 2 fully saturated rings. The third-order valence-corrected chi connectivity index (χ3v) is 5.33. The lowest BCUT2D eigenvalue weighted by atomic mass is 9.78. The number of amides is 1. The number of benzene rings is 1. The predicted octanol–water partition coefficient (Wildman–Crippen LogP) is 3.34. The van der Waals surface area contributed by atoms with Gasteiger partial charge in [0, 0.05) is 29.2 Å². The van der Waals surface area contributed by atoms with E-state index in [1.165, 1.54) is 0 Å². The van der Waals surface area contributed by atoms with Crippen LogP contribution in [-0.2, 0) is 11.3 Å². The van der Waals surface area contributed by atoms with Crippen LogP contribution < -0.4 is 16.0 Å². The van der Waals surface area contributed by atoms with E-state index in [9.17, 15) is 4.79 Å². The first-order valence-electron chi connectivity index (χ1n) is 9.73. The highest BCUT2D eigenvalue weighted by atomic mass is 16.5. The highest BCUT2D eigenvalue weighted by molar-refractivity contribution is 5.67. The molecule has 26 heavy (non-hydrogen) atoms. The summed E-state index contributed by atoms with van der Waals surface area (Å²) in [6.07, 6.45) is 3.89. The van der Waals surface area contributed by atoms with E-state index < -0.39 is 0 Å². The van der Waals surface area contributed by atoms with E-state index in [0.717, 1.165) is 31.2 Å². The van der Waals surface area contributed by atoms with Crippen LogP contribution >= 0.6 is 0 Å². The Hall–Kier alpha value is -1.59. The smallest absolute Gasteiger partial charge is 0.407 e. The average molecular weight is 360 g/mol. The minimum absolute atomic E-state index is 0.155. The number of carbonyl (C=O) groups is 1. The van der Waals surface area contributed by atoms with Crippen molar-refractivity contribution in [3.8, 4) is 0 Å². The summed E-state index contributed by atoms with van der Waals surface area (Å²) in [6, 6.07) is 11.0. The summed E-state index contributed by atoms with van der Waals surface area (Å²) >= 11 is 0. The Labute approximate surface area is 157 Å². The molecule has 1 aromatic rings. The number of hydrogen-bond donors (Lipinski definition) is 3. The topological polar surface area (TPSA) is 62.4 Å². The fourth-order valence-corrected chi connectivity index (χ4v) is 4.58. The normalized spacial score (nSPS) is 27.4. The van der Waals surface area contributed by atoms with E-state index in [1.54, 1.807) is 0 Å². The molecule has 0 atom stereocenters. The molecule has 0 bridgehead atoms. The molecule has 0 aromatic heterocycles. The third kappa shape index (κ3) is 5.45. The van der Waals surface area contributed by atoms with Gasteiger partial charge in [-0.3, -0.25) is 0 Å². The van der Waals surface area contributed by atoms with Gasteiger partial charge in [-0.25, -0.2) is 4.79 Å². The van der Waals surface area contributed by atoms with Gasteiger partial charge in [0.15, 0.2) is 0 Å². The second kappa shape index (κ2) is 7.57. The number of carbonyl (C=O) groups excluding carboxylic acids is 1. The van der Waals surface area contributed by atoms with Gasteiger partial charge in [0.2, 0.25) is 0 Å². The van der Waals surface area contributed by atoms with Crippen LogP contribution in [0.1, 0.15) is 58.9 Å². The minimum atomic E-state index is -0.318. The minimum Gasteiger partial charge on any atom is -0.445 e. The molecule has 1 heterocycles. The number of hydrogen-bond acceptors (Lipinski definition) is 4. The van der Waals surface area contributed by atoms with Gasteiger partial charge in [-0.1, -0.05) is 30.3 Å². The van der Waals surface area contributed by atoms with Gasteiger partial charge in [0.1, 0.15) is 6.61 Å². The maximum Gasteiger partial charge on any atom is 0.407 e. The second-order valence-electron chi connectivity index (χ2n) is 9.24. The van der Waals surface area contributed by atoms with Crippen molar-refractivity contribution in [2.24, 2.45) is 0 Å². The summed E-state index contributed by atoms with van der Waals surface area (Å²) in [6.45, 7) is 9.42. The van der Waals surface area contributed by atoms with Crippen molar-refractivity contribution in [1.82, 2.24) is 16.0 Å². The van der Waals surface area contributed by atoms with Crippen LogP contribution in [0.2, 0.25) is 0 Å². The summed E-state index contributed by atoms with van der Waals surface area (Å²) in [7, 11) is 0. The Morgan fingerprint density at radius 1 is 1.04 bits per heavy atom. The van der Waals surface area contributed by atoms with Crippen LogP contribution in [0.3, 0.4) is 0 Å². The molecule has 1 aromatic carbocycles. The maximum absolute atomic E-state index is 11.9. The summed E-state index contributed by atoms with van der Waals surface area (Å²) in [5, 5.41) is 10.5. The maximum atomic E-state index is 11.9. The quantitative estimate of drug-likeness (QED) is 0.754. The van der Waals surface area contributed by atoms with E-state index in [1.807, 2.05) is 30.3 Å². The van der Waals surface area contributed by atoms with Crippen molar-refractivity contribution in [3.05, 3.63) is 35.9 Å². The van der Waals surface area contributed by atoms with Gasteiger partial charge in [0.25, 0.3) is 0 Å². The molecule has 144 valence electrons. The Balaban J connectivity index is 1.36. The molecule has 1 saturated carbocycles. The van der Waals surface area contributed by atoms with Crippen LogP contribution in [-0.4, -0.2) is 35.3 Å². The Kier molecular flexibility index (Phi) is 5.58. The van der Waals surface area contributed by atoms with Crippen LogP contribution in [0.25, 0.3) is 0 Å². The number of nitrogens with one attached hydrogen (secondary N) is 3. The summed E-state index contributed by atoms with van der Waals surface area (Å²) in [4.78, 5) is 11.9. The molecule has 1 aliphatic carbocycles. The molecule has 5 heteroatoms. The SMILES string of the molecule is CC1(C)CC(NC2CC(NC(=O)OCc3ccccc3)C2)CC(C)(C)N1. The van der Waals surface area contributed by atoms with Crippen molar-refractivity contribution in [2.75, 3.05) is 0 Å². The first-order chi connectivity index (χ1) is 12.2.